The first-order valence-corrected chi connectivity index (χ1v) is 5.42. The summed E-state index contributed by atoms with van der Waals surface area (Å²) in [7, 11) is 0. The van der Waals surface area contributed by atoms with Crippen LogP contribution in [0.3, 0.4) is 0 Å². The van der Waals surface area contributed by atoms with Gasteiger partial charge in [-0.25, -0.2) is 8.78 Å². The Morgan fingerprint density at radius 1 is 1.31 bits per heavy atom. The van der Waals surface area contributed by atoms with E-state index in [1.807, 2.05) is 0 Å². The highest BCUT2D eigenvalue weighted by atomic mass is 19.1. The molecular weight excluding hydrogens is 212 g/mol. The van der Waals surface area contributed by atoms with E-state index in [-0.39, 0.29) is 17.9 Å². The molecule has 2 aliphatic heterocycles. The van der Waals surface area contributed by atoms with Gasteiger partial charge in [-0.05, 0) is 18.9 Å². The van der Waals surface area contributed by atoms with Crippen LogP contribution in [0.1, 0.15) is 24.4 Å². The van der Waals surface area contributed by atoms with Crippen LogP contribution < -0.4 is 0 Å². The van der Waals surface area contributed by atoms with Crippen LogP contribution in [0, 0.1) is 17.6 Å². The second kappa shape index (κ2) is 3.27. The van der Waals surface area contributed by atoms with E-state index >= 15 is 0 Å². The minimum absolute atomic E-state index is 0.0504. The molecular formula is C12H11F2NO. The lowest BCUT2D eigenvalue weighted by Crippen LogP contribution is -2.25. The Hall–Kier alpha value is -1.45. The molecule has 0 aromatic heterocycles. The molecule has 1 aromatic rings. The maximum atomic E-state index is 13.6. The Kier molecular flexibility index (Phi) is 1.99. The number of hydrogen-bond acceptors (Lipinski definition) is 1. The Balaban J connectivity index is 1.97. The summed E-state index contributed by atoms with van der Waals surface area (Å²) in [4.78, 5) is 13.4. The molecule has 0 spiro atoms. The summed E-state index contributed by atoms with van der Waals surface area (Å²) in [5, 5.41) is 0. The Labute approximate surface area is 91.9 Å². The molecule has 2 fully saturated rings. The first-order valence-electron chi connectivity index (χ1n) is 5.42. The smallest absolute Gasteiger partial charge is 0.226 e. The van der Waals surface area contributed by atoms with Crippen molar-refractivity contribution < 1.29 is 13.6 Å². The predicted octanol–water partition coefficient (Wildman–Crippen LogP) is 2.26. The number of piperidine rings is 1. The normalized spacial score (nSPS) is 27.9. The highest BCUT2D eigenvalue weighted by Crippen LogP contribution is 2.43. The molecule has 2 saturated heterocycles. The number of benzene rings is 1. The van der Waals surface area contributed by atoms with Crippen molar-refractivity contribution in [2.45, 2.75) is 18.9 Å². The van der Waals surface area contributed by atoms with Crippen LogP contribution in [-0.2, 0) is 4.79 Å². The van der Waals surface area contributed by atoms with Gasteiger partial charge < -0.3 is 4.90 Å². The SMILES string of the molecule is O=C1C2CCN1C(c1ccc(F)cc1F)C2. The fourth-order valence-corrected chi connectivity index (χ4v) is 2.75. The van der Waals surface area contributed by atoms with Crippen LogP contribution in [-0.4, -0.2) is 17.4 Å². The van der Waals surface area contributed by atoms with Crippen molar-refractivity contribution in [2.75, 3.05) is 6.54 Å². The topological polar surface area (TPSA) is 20.3 Å². The van der Waals surface area contributed by atoms with Gasteiger partial charge >= 0.3 is 0 Å². The van der Waals surface area contributed by atoms with E-state index in [1.54, 1.807) is 4.90 Å². The number of rotatable bonds is 1. The molecule has 16 heavy (non-hydrogen) atoms. The number of nitrogens with zero attached hydrogens (tertiary/aromatic N) is 1. The zero-order valence-electron chi connectivity index (χ0n) is 8.62. The van der Waals surface area contributed by atoms with E-state index in [4.69, 9.17) is 0 Å². The minimum atomic E-state index is -0.578. The van der Waals surface area contributed by atoms with Crippen molar-refractivity contribution in [1.82, 2.24) is 4.90 Å². The highest BCUT2D eigenvalue weighted by molar-refractivity contribution is 5.83. The number of hydrogen-bond donors (Lipinski definition) is 0. The van der Waals surface area contributed by atoms with Crippen molar-refractivity contribution in [3.63, 3.8) is 0 Å². The molecule has 2 heterocycles. The summed E-state index contributed by atoms with van der Waals surface area (Å²) in [5.41, 5.74) is 0.442. The molecule has 84 valence electrons. The molecule has 2 aliphatic rings. The summed E-state index contributed by atoms with van der Waals surface area (Å²) in [6, 6.07) is 3.39. The Morgan fingerprint density at radius 2 is 2.12 bits per heavy atom. The Morgan fingerprint density at radius 3 is 2.69 bits per heavy atom. The third-order valence-electron chi connectivity index (χ3n) is 3.56. The molecule has 2 atom stereocenters. The number of amides is 1. The van der Waals surface area contributed by atoms with Gasteiger partial charge in [-0.1, -0.05) is 6.07 Å². The van der Waals surface area contributed by atoms with Gasteiger partial charge in [-0.2, -0.15) is 0 Å². The van der Waals surface area contributed by atoms with Gasteiger partial charge in [0.1, 0.15) is 11.6 Å². The molecule has 1 amide bonds. The third-order valence-corrected chi connectivity index (χ3v) is 3.56. The fraction of sp³-hybridized carbons (Fsp3) is 0.417. The molecule has 2 nitrogen and oxygen atoms in total. The first-order chi connectivity index (χ1) is 7.66. The molecule has 0 aliphatic carbocycles. The van der Waals surface area contributed by atoms with Crippen LogP contribution in [0.25, 0.3) is 0 Å². The van der Waals surface area contributed by atoms with E-state index in [9.17, 15) is 13.6 Å². The molecule has 1 aromatic carbocycles. The van der Waals surface area contributed by atoms with Gasteiger partial charge in [0.25, 0.3) is 0 Å². The number of halogens is 2. The van der Waals surface area contributed by atoms with Gasteiger partial charge in [0.05, 0.1) is 6.04 Å². The number of fused-ring (bicyclic) bond motifs is 2. The van der Waals surface area contributed by atoms with Gasteiger partial charge in [0.2, 0.25) is 5.91 Å². The molecule has 2 unspecified atom stereocenters. The van der Waals surface area contributed by atoms with Crippen molar-refractivity contribution in [3.05, 3.63) is 35.4 Å². The maximum Gasteiger partial charge on any atom is 0.226 e. The summed E-state index contributed by atoms with van der Waals surface area (Å²) in [5.74, 6) is -0.959. The van der Waals surface area contributed by atoms with E-state index in [0.29, 0.717) is 18.5 Å². The van der Waals surface area contributed by atoms with E-state index in [1.165, 1.54) is 12.1 Å². The summed E-state index contributed by atoms with van der Waals surface area (Å²) < 4.78 is 26.4. The van der Waals surface area contributed by atoms with E-state index in [0.717, 1.165) is 12.5 Å². The van der Waals surface area contributed by atoms with Crippen LogP contribution in [0.15, 0.2) is 18.2 Å². The minimum Gasteiger partial charge on any atom is -0.335 e. The van der Waals surface area contributed by atoms with E-state index in [2.05, 4.69) is 0 Å². The van der Waals surface area contributed by atoms with Gasteiger partial charge in [-0.3, -0.25) is 4.79 Å². The van der Waals surface area contributed by atoms with Gasteiger partial charge in [0, 0.05) is 24.1 Å². The van der Waals surface area contributed by atoms with Crippen molar-refractivity contribution in [3.8, 4) is 0 Å². The van der Waals surface area contributed by atoms with Gasteiger partial charge in [-0.15, -0.1) is 0 Å². The summed E-state index contributed by atoms with van der Waals surface area (Å²) in [6.45, 7) is 0.699. The molecule has 3 rings (SSSR count). The lowest BCUT2D eigenvalue weighted by atomic mass is 9.95. The number of carbonyl (C=O) groups excluding carboxylic acids is 1. The van der Waals surface area contributed by atoms with Crippen LogP contribution >= 0.6 is 0 Å². The molecule has 0 N–H and O–H groups in total. The third kappa shape index (κ3) is 1.25. The lowest BCUT2D eigenvalue weighted by Gasteiger charge is -2.25. The van der Waals surface area contributed by atoms with Gasteiger partial charge in [0.15, 0.2) is 0 Å². The maximum absolute atomic E-state index is 13.6. The molecule has 0 saturated carbocycles. The summed E-state index contributed by atoms with van der Waals surface area (Å²) >= 11 is 0. The zero-order valence-corrected chi connectivity index (χ0v) is 8.62. The van der Waals surface area contributed by atoms with E-state index < -0.39 is 11.6 Å². The van der Waals surface area contributed by atoms with Crippen LogP contribution in [0.4, 0.5) is 8.78 Å². The Bertz CT molecular complexity index is 460. The average Bonchev–Trinajstić information content (AvgIpc) is 2.74. The predicted molar refractivity (Wildman–Crippen MR) is 53.5 cm³/mol. The van der Waals surface area contributed by atoms with Crippen molar-refractivity contribution in [2.24, 2.45) is 5.92 Å². The highest BCUT2D eigenvalue weighted by Gasteiger charge is 2.45. The van der Waals surface area contributed by atoms with Crippen LogP contribution in [0.2, 0.25) is 0 Å². The largest absolute Gasteiger partial charge is 0.335 e. The fourth-order valence-electron chi connectivity index (χ4n) is 2.75. The molecule has 2 bridgehead atoms. The molecule has 4 heteroatoms. The second-order valence-electron chi connectivity index (χ2n) is 4.43. The van der Waals surface area contributed by atoms with Crippen LogP contribution in [0.5, 0.6) is 0 Å². The van der Waals surface area contributed by atoms with Crippen molar-refractivity contribution in [1.29, 1.82) is 0 Å². The quantitative estimate of drug-likeness (QED) is 0.715. The molecule has 0 radical (unpaired) electrons. The number of carbonyl (C=O) groups is 1. The first kappa shape index (κ1) is 9.75. The monoisotopic (exact) mass is 223 g/mol. The zero-order chi connectivity index (χ0) is 11.3. The second-order valence-corrected chi connectivity index (χ2v) is 4.43. The lowest BCUT2D eigenvalue weighted by molar-refractivity contribution is -0.128. The van der Waals surface area contributed by atoms with Crippen molar-refractivity contribution >= 4 is 5.91 Å². The standard InChI is InChI=1S/C12H11F2NO/c13-8-1-2-9(10(14)6-8)11-5-7-3-4-15(11)12(7)16/h1-2,6-7,11H,3-5H2. The average molecular weight is 223 g/mol. The summed E-state index contributed by atoms with van der Waals surface area (Å²) in [6.07, 6.45) is 1.54.